The molecule has 19 heavy (non-hydrogen) atoms. The Morgan fingerprint density at radius 1 is 1.37 bits per heavy atom. The molecule has 1 aromatic carbocycles. The second-order valence-electron chi connectivity index (χ2n) is 4.40. The molecule has 1 N–H and O–H groups in total. The van der Waals surface area contributed by atoms with Gasteiger partial charge in [0.1, 0.15) is 17.5 Å². The van der Waals surface area contributed by atoms with Crippen LogP contribution in [0, 0.1) is 25.2 Å². The van der Waals surface area contributed by atoms with Crippen molar-refractivity contribution in [1.29, 1.82) is 5.26 Å². The van der Waals surface area contributed by atoms with Crippen LogP contribution in [-0.4, -0.2) is 15.7 Å². The highest BCUT2D eigenvalue weighted by Gasteiger charge is 2.13. The molecule has 0 aliphatic rings. The van der Waals surface area contributed by atoms with E-state index in [2.05, 4.69) is 10.4 Å². The highest BCUT2D eigenvalue weighted by atomic mass is 16.1. The lowest BCUT2D eigenvalue weighted by Gasteiger charge is -2.07. The van der Waals surface area contributed by atoms with E-state index in [-0.39, 0.29) is 5.91 Å². The van der Waals surface area contributed by atoms with Crippen LogP contribution in [0.15, 0.2) is 24.4 Å². The number of hydrogen-bond donors (Lipinski definition) is 1. The van der Waals surface area contributed by atoms with E-state index in [9.17, 15) is 4.79 Å². The van der Waals surface area contributed by atoms with E-state index in [0.717, 1.165) is 11.1 Å². The fraction of sp³-hybridized carbons (Fsp3) is 0.214. The predicted molar refractivity (Wildman–Crippen MR) is 71.8 cm³/mol. The molecule has 5 nitrogen and oxygen atoms in total. The van der Waals surface area contributed by atoms with E-state index in [0.29, 0.717) is 16.9 Å². The van der Waals surface area contributed by atoms with Crippen LogP contribution >= 0.6 is 0 Å². The molecular formula is C14H14N4O. The molecule has 0 radical (unpaired) electrons. The predicted octanol–water partition coefficient (Wildman–Crippen LogP) is 2.16. The van der Waals surface area contributed by atoms with Crippen molar-refractivity contribution in [2.75, 3.05) is 5.32 Å². The second-order valence-corrected chi connectivity index (χ2v) is 4.40. The quantitative estimate of drug-likeness (QED) is 0.892. The first-order valence-electron chi connectivity index (χ1n) is 5.83. The van der Waals surface area contributed by atoms with E-state index < -0.39 is 0 Å². The van der Waals surface area contributed by atoms with Crippen molar-refractivity contribution in [2.45, 2.75) is 13.8 Å². The zero-order chi connectivity index (χ0) is 14.0. The highest BCUT2D eigenvalue weighted by Crippen LogP contribution is 2.15. The van der Waals surface area contributed by atoms with Crippen LogP contribution in [0.5, 0.6) is 0 Å². The Morgan fingerprint density at radius 2 is 2.11 bits per heavy atom. The average molecular weight is 254 g/mol. The maximum Gasteiger partial charge on any atom is 0.256 e. The molecule has 0 unspecified atom stereocenters. The third kappa shape index (κ3) is 2.47. The molecule has 1 heterocycles. The molecule has 0 fully saturated rings. The Balaban J connectivity index is 2.28. The minimum atomic E-state index is -0.247. The number of nitrogens with one attached hydrogen (secondary N) is 1. The SMILES string of the molecule is Cc1ccc(C(=O)Nc2c(C#N)cnn2C)cc1C. The summed E-state index contributed by atoms with van der Waals surface area (Å²) in [5.41, 5.74) is 3.10. The lowest BCUT2D eigenvalue weighted by atomic mass is 10.1. The number of anilines is 1. The molecule has 0 saturated heterocycles. The summed E-state index contributed by atoms with van der Waals surface area (Å²) in [5, 5.41) is 15.6. The van der Waals surface area contributed by atoms with Crippen LogP contribution < -0.4 is 5.32 Å². The first-order chi connectivity index (χ1) is 9.02. The number of carbonyl (C=O) groups is 1. The fourth-order valence-corrected chi connectivity index (χ4v) is 1.73. The van der Waals surface area contributed by atoms with Crippen molar-refractivity contribution in [3.05, 3.63) is 46.6 Å². The summed E-state index contributed by atoms with van der Waals surface area (Å²) in [7, 11) is 1.68. The van der Waals surface area contributed by atoms with Crippen molar-refractivity contribution in [2.24, 2.45) is 7.05 Å². The van der Waals surface area contributed by atoms with Gasteiger partial charge in [-0.1, -0.05) is 6.07 Å². The molecule has 0 bridgehead atoms. The van der Waals surface area contributed by atoms with Crippen LogP contribution in [0.4, 0.5) is 5.82 Å². The van der Waals surface area contributed by atoms with Crippen molar-refractivity contribution < 1.29 is 4.79 Å². The van der Waals surface area contributed by atoms with Gasteiger partial charge < -0.3 is 5.32 Å². The van der Waals surface area contributed by atoms with Gasteiger partial charge in [-0.05, 0) is 37.1 Å². The summed E-state index contributed by atoms with van der Waals surface area (Å²) in [6.45, 7) is 3.95. The fourth-order valence-electron chi connectivity index (χ4n) is 1.73. The van der Waals surface area contributed by atoms with Gasteiger partial charge in [0.05, 0.1) is 6.20 Å². The number of aromatic nitrogens is 2. The summed E-state index contributed by atoms with van der Waals surface area (Å²) in [6.07, 6.45) is 1.43. The van der Waals surface area contributed by atoms with Crippen LogP contribution in [-0.2, 0) is 7.05 Å². The summed E-state index contributed by atoms with van der Waals surface area (Å²) < 4.78 is 1.47. The van der Waals surface area contributed by atoms with Crippen molar-refractivity contribution in [3.8, 4) is 6.07 Å². The van der Waals surface area contributed by atoms with Gasteiger partial charge in [0.15, 0.2) is 0 Å². The van der Waals surface area contributed by atoms with Crippen LogP contribution in [0.2, 0.25) is 0 Å². The Kier molecular flexibility index (Phi) is 3.34. The van der Waals surface area contributed by atoms with E-state index in [4.69, 9.17) is 5.26 Å². The first-order valence-corrected chi connectivity index (χ1v) is 5.83. The van der Waals surface area contributed by atoms with Gasteiger partial charge in [-0.15, -0.1) is 0 Å². The molecule has 2 aromatic rings. The minimum absolute atomic E-state index is 0.247. The molecule has 96 valence electrons. The molecule has 5 heteroatoms. The van der Waals surface area contributed by atoms with Gasteiger partial charge >= 0.3 is 0 Å². The number of nitrogens with zero attached hydrogens (tertiary/aromatic N) is 3. The molecule has 0 atom stereocenters. The van der Waals surface area contributed by atoms with E-state index in [1.54, 1.807) is 13.1 Å². The lowest BCUT2D eigenvalue weighted by Crippen LogP contribution is -2.15. The molecule has 0 aliphatic carbocycles. The number of hydrogen-bond acceptors (Lipinski definition) is 3. The zero-order valence-electron chi connectivity index (χ0n) is 11.1. The maximum atomic E-state index is 12.1. The monoisotopic (exact) mass is 254 g/mol. The molecule has 1 aromatic heterocycles. The minimum Gasteiger partial charge on any atom is -0.306 e. The normalized spacial score (nSPS) is 10.0. The number of amides is 1. The molecule has 2 rings (SSSR count). The summed E-state index contributed by atoms with van der Waals surface area (Å²) in [5.74, 6) is 0.161. The summed E-state index contributed by atoms with van der Waals surface area (Å²) in [6, 6.07) is 7.49. The zero-order valence-corrected chi connectivity index (χ0v) is 11.1. The maximum absolute atomic E-state index is 12.1. The number of aryl methyl sites for hydroxylation is 3. The van der Waals surface area contributed by atoms with Crippen molar-refractivity contribution >= 4 is 11.7 Å². The van der Waals surface area contributed by atoms with Crippen LogP contribution in [0.1, 0.15) is 27.0 Å². The lowest BCUT2D eigenvalue weighted by molar-refractivity contribution is 0.102. The van der Waals surface area contributed by atoms with Gasteiger partial charge in [0, 0.05) is 12.6 Å². The Labute approximate surface area is 111 Å². The standard InChI is InChI=1S/C14H14N4O/c1-9-4-5-11(6-10(9)2)14(19)17-13-12(7-15)8-16-18(13)3/h4-6,8H,1-3H3,(H,17,19). The Bertz CT molecular complexity index is 679. The molecular weight excluding hydrogens is 240 g/mol. The van der Waals surface area contributed by atoms with Crippen LogP contribution in [0.3, 0.4) is 0 Å². The Morgan fingerprint density at radius 3 is 2.74 bits per heavy atom. The summed E-state index contributed by atoms with van der Waals surface area (Å²) in [4.78, 5) is 12.1. The largest absolute Gasteiger partial charge is 0.306 e. The van der Waals surface area contributed by atoms with Gasteiger partial charge in [0.2, 0.25) is 0 Å². The third-order valence-electron chi connectivity index (χ3n) is 3.06. The third-order valence-corrected chi connectivity index (χ3v) is 3.06. The molecule has 0 aliphatic heterocycles. The molecule has 0 saturated carbocycles. The van der Waals surface area contributed by atoms with Gasteiger partial charge in [-0.3, -0.25) is 9.48 Å². The topological polar surface area (TPSA) is 70.7 Å². The van der Waals surface area contributed by atoms with Gasteiger partial charge in [-0.2, -0.15) is 10.4 Å². The van der Waals surface area contributed by atoms with Crippen molar-refractivity contribution in [1.82, 2.24) is 9.78 Å². The van der Waals surface area contributed by atoms with Gasteiger partial charge in [0.25, 0.3) is 5.91 Å². The number of nitriles is 1. The highest BCUT2D eigenvalue weighted by molar-refractivity contribution is 6.04. The number of carbonyl (C=O) groups excluding carboxylic acids is 1. The Hall–Kier alpha value is -2.61. The second kappa shape index (κ2) is 4.94. The van der Waals surface area contributed by atoms with E-state index in [1.165, 1.54) is 10.9 Å². The first kappa shape index (κ1) is 12.8. The number of benzene rings is 1. The number of rotatable bonds is 2. The summed E-state index contributed by atoms with van der Waals surface area (Å²) >= 11 is 0. The smallest absolute Gasteiger partial charge is 0.256 e. The van der Waals surface area contributed by atoms with E-state index in [1.807, 2.05) is 32.0 Å². The average Bonchev–Trinajstić information content (AvgIpc) is 2.74. The van der Waals surface area contributed by atoms with Crippen LogP contribution in [0.25, 0.3) is 0 Å². The van der Waals surface area contributed by atoms with E-state index >= 15 is 0 Å². The molecule has 1 amide bonds. The van der Waals surface area contributed by atoms with Gasteiger partial charge in [-0.25, -0.2) is 0 Å². The molecule has 0 spiro atoms. The van der Waals surface area contributed by atoms with Crippen molar-refractivity contribution in [3.63, 3.8) is 0 Å².